The summed E-state index contributed by atoms with van der Waals surface area (Å²) in [5, 5.41) is 26.0. The number of methoxy groups -OCH3 is 1. The fraction of sp³-hybridized carbons (Fsp3) is 0.373. The van der Waals surface area contributed by atoms with Crippen LogP contribution in [0.25, 0.3) is 26.6 Å². The monoisotopic (exact) mass is 976 g/mol. The zero-order valence-corrected chi connectivity index (χ0v) is 41.4. The number of esters is 1. The number of likely N-dealkylation sites (tertiary alicyclic amines) is 1. The van der Waals surface area contributed by atoms with Crippen molar-refractivity contribution in [1.29, 1.82) is 0 Å². The number of carbonyl (C=O) groups is 4. The van der Waals surface area contributed by atoms with Crippen molar-refractivity contribution in [2.24, 2.45) is 10.4 Å². The molecule has 69 heavy (non-hydrogen) atoms. The van der Waals surface area contributed by atoms with Gasteiger partial charge in [-0.15, -0.1) is 32.9 Å². The van der Waals surface area contributed by atoms with Gasteiger partial charge in [-0.1, -0.05) is 75.4 Å². The van der Waals surface area contributed by atoms with Crippen LogP contribution < -0.4 is 10.6 Å². The van der Waals surface area contributed by atoms with Crippen LogP contribution in [0.3, 0.4) is 0 Å². The Labute approximate surface area is 406 Å². The summed E-state index contributed by atoms with van der Waals surface area (Å²) in [7, 11) is 1.33. The van der Waals surface area contributed by atoms with Crippen molar-refractivity contribution in [3.63, 3.8) is 0 Å². The van der Waals surface area contributed by atoms with Crippen LogP contribution in [-0.2, 0) is 19.1 Å². The van der Waals surface area contributed by atoms with Crippen molar-refractivity contribution >= 4 is 52.1 Å². The number of halogens is 2. The van der Waals surface area contributed by atoms with Gasteiger partial charge in [-0.2, -0.15) is 0 Å². The molecule has 3 amide bonds. The lowest BCUT2D eigenvalue weighted by Gasteiger charge is -2.35. The van der Waals surface area contributed by atoms with Crippen LogP contribution in [0.1, 0.15) is 114 Å². The van der Waals surface area contributed by atoms with Crippen LogP contribution in [0.15, 0.2) is 71.2 Å². The van der Waals surface area contributed by atoms with Crippen molar-refractivity contribution < 1.29 is 37.8 Å². The van der Waals surface area contributed by atoms with Gasteiger partial charge in [-0.3, -0.25) is 28.7 Å². The topological polar surface area (TPSA) is 181 Å². The average Bonchev–Trinajstić information content (AvgIpc) is 4.09. The molecule has 0 radical (unpaired) electrons. The molecule has 0 bridgehead atoms. The van der Waals surface area contributed by atoms with Gasteiger partial charge in [0.2, 0.25) is 11.8 Å². The predicted molar refractivity (Wildman–Crippen MR) is 261 cm³/mol. The molecule has 2 aliphatic rings. The Balaban J connectivity index is 0.999. The molecular formula is C51H54F2N8O6S2. The first kappa shape index (κ1) is 48.9. The van der Waals surface area contributed by atoms with Crippen molar-refractivity contribution in [3.8, 4) is 26.6 Å². The summed E-state index contributed by atoms with van der Waals surface area (Å²) in [6.07, 6.45) is -0.605. The fourth-order valence-electron chi connectivity index (χ4n) is 8.92. The lowest BCUT2D eigenvalue weighted by molar-refractivity contribution is -0.142. The fourth-order valence-corrected chi connectivity index (χ4v) is 10.9. The van der Waals surface area contributed by atoms with Crippen molar-refractivity contribution in [2.75, 3.05) is 13.7 Å². The number of aromatic nitrogens is 4. The average molecular weight is 977 g/mol. The lowest BCUT2D eigenvalue weighted by atomic mass is 9.85. The highest BCUT2D eigenvalue weighted by Crippen LogP contribution is 2.40. The number of hydrogen-bond acceptors (Lipinski definition) is 12. The van der Waals surface area contributed by atoms with E-state index in [4.69, 9.17) is 9.73 Å². The smallest absolute Gasteiger partial charge is 0.305 e. The first-order chi connectivity index (χ1) is 32.8. The van der Waals surface area contributed by atoms with E-state index in [0.717, 1.165) is 42.7 Å². The van der Waals surface area contributed by atoms with Crippen LogP contribution in [0.5, 0.6) is 0 Å². The normalized spacial score (nSPS) is 17.6. The summed E-state index contributed by atoms with van der Waals surface area (Å²) in [6.45, 7) is 14.6. The van der Waals surface area contributed by atoms with Gasteiger partial charge in [-0.25, -0.2) is 13.8 Å². The molecule has 6 aromatic rings. The minimum absolute atomic E-state index is 0.0235. The standard InChI is InChI=1S/C51H54F2N8O6S2/c1-25-28(4)69-50-40(25)43(56-37(20-21-39(63)67-9)46-59-58-29(5)61(46)50)32-14-12-31(13-15-32)35-18-19-36(42(53)41(35)52)47(64)57-45(51(6,7)8)49(66)60-23-34(62)22-38(60)48(65)55-26(2)30-10-16-33(17-11-30)44-27(3)54-24-68-44/h10-19,24,26,34,37-38,45,62H,20-23H2,1-9H3,(H,55,65)(H,57,64)/t26-,34+,37-,38-,45+/m0/s1. The van der Waals surface area contributed by atoms with E-state index in [9.17, 15) is 24.3 Å². The number of thiophene rings is 1. The second kappa shape index (κ2) is 19.5. The Morgan fingerprint density at radius 2 is 1.59 bits per heavy atom. The second-order valence-electron chi connectivity index (χ2n) is 18.7. The molecule has 0 spiro atoms. The highest BCUT2D eigenvalue weighted by atomic mass is 32.1. The summed E-state index contributed by atoms with van der Waals surface area (Å²) < 4.78 is 39.2. The molecule has 0 saturated carbocycles. The zero-order chi connectivity index (χ0) is 49.6. The van der Waals surface area contributed by atoms with Crippen molar-refractivity contribution in [2.45, 2.75) is 105 Å². The van der Waals surface area contributed by atoms with Gasteiger partial charge in [0, 0.05) is 41.0 Å². The molecule has 3 N–H and O–H groups in total. The van der Waals surface area contributed by atoms with Gasteiger partial charge >= 0.3 is 5.97 Å². The number of aliphatic hydroxyl groups is 1. The Morgan fingerprint density at radius 1 is 0.913 bits per heavy atom. The molecule has 5 atom stereocenters. The number of ether oxygens (including phenoxy) is 1. The molecule has 3 aromatic carbocycles. The molecule has 8 rings (SSSR count). The first-order valence-electron chi connectivity index (χ1n) is 22.6. The van der Waals surface area contributed by atoms with Gasteiger partial charge < -0.3 is 25.4 Å². The summed E-state index contributed by atoms with van der Waals surface area (Å²) in [4.78, 5) is 67.1. The van der Waals surface area contributed by atoms with E-state index in [2.05, 4.69) is 25.8 Å². The van der Waals surface area contributed by atoms with Crippen LogP contribution in [0.2, 0.25) is 0 Å². The molecule has 1 fully saturated rings. The quantitative estimate of drug-likeness (QED) is 0.101. The number of thiazole rings is 1. The van der Waals surface area contributed by atoms with Crippen LogP contribution >= 0.6 is 22.7 Å². The van der Waals surface area contributed by atoms with E-state index < -0.39 is 70.6 Å². The molecule has 18 heteroatoms. The number of amides is 3. The van der Waals surface area contributed by atoms with E-state index in [1.807, 2.05) is 63.5 Å². The maximum absolute atomic E-state index is 16.2. The summed E-state index contributed by atoms with van der Waals surface area (Å²) in [6, 6.07) is 13.8. The summed E-state index contributed by atoms with van der Waals surface area (Å²) in [5.41, 5.74) is 6.46. The van der Waals surface area contributed by atoms with E-state index >= 15 is 8.78 Å². The third-order valence-corrected chi connectivity index (χ3v) is 15.1. The van der Waals surface area contributed by atoms with E-state index in [1.165, 1.54) is 24.1 Å². The highest BCUT2D eigenvalue weighted by molar-refractivity contribution is 7.15. The number of nitrogens with zero attached hydrogens (tertiary/aromatic N) is 6. The van der Waals surface area contributed by atoms with Crippen molar-refractivity contribution in [3.05, 3.63) is 128 Å². The van der Waals surface area contributed by atoms with Crippen LogP contribution in [-0.4, -0.2) is 91.0 Å². The Kier molecular flexibility index (Phi) is 13.8. The third kappa shape index (κ3) is 9.61. The molecule has 2 aliphatic heterocycles. The number of hydrogen-bond donors (Lipinski definition) is 3. The van der Waals surface area contributed by atoms with Gasteiger partial charge in [0.1, 0.15) is 29.0 Å². The number of rotatable bonds is 12. The van der Waals surface area contributed by atoms with Gasteiger partial charge in [0.15, 0.2) is 17.5 Å². The number of nitrogens with one attached hydrogen (secondary N) is 2. The van der Waals surface area contributed by atoms with Crippen LogP contribution in [0.4, 0.5) is 8.78 Å². The number of benzene rings is 3. The number of aliphatic imine (C=N–C) groups is 1. The van der Waals surface area contributed by atoms with Gasteiger partial charge in [-0.05, 0) is 74.8 Å². The molecule has 360 valence electrons. The lowest BCUT2D eigenvalue weighted by Crippen LogP contribution is -2.58. The van der Waals surface area contributed by atoms with Gasteiger partial charge in [0.05, 0.1) is 46.6 Å². The number of carbonyl (C=O) groups excluding carboxylic acids is 4. The van der Waals surface area contributed by atoms with Crippen LogP contribution in [0, 0.1) is 44.7 Å². The van der Waals surface area contributed by atoms with Gasteiger partial charge in [0.25, 0.3) is 5.91 Å². The molecule has 3 aromatic heterocycles. The third-order valence-electron chi connectivity index (χ3n) is 12.9. The number of aliphatic hydroxyl groups excluding tert-OH is 1. The molecule has 1 saturated heterocycles. The maximum atomic E-state index is 16.2. The maximum Gasteiger partial charge on any atom is 0.305 e. The first-order valence-corrected chi connectivity index (χ1v) is 24.3. The molecule has 0 unspecified atom stereocenters. The van der Waals surface area contributed by atoms with E-state index in [-0.39, 0.29) is 30.9 Å². The minimum Gasteiger partial charge on any atom is -0.469 e. The molecule has 0 aliphatic carbocycles. The Morgan fingerprint density at radius 3 is 2.25 bits per heavy atom. The minimum atomic E-state index is -1.40. The summed E-state index contributed by atoms with van der Waals surface area (Å²) in [5.74, 6) is -3.92. The van der Waals surface area contributed by atoms with Crippen molar-refractivity contribution in [1.82, 2.24) is 35.3 Å². The number of fused-ring (bicyclic) bond motifs is 3. The number of aryl methyl sites for hydroxylation is 3. The largest absolute Gasteiger partial charge is 0.469 e. The predicted octanol–water partition coefficient (Wildman–Crippen LogP) is 8.46. The molecule has 14 nitrogen and oxygen atoms in total. The molecular weight excluding hydrogens is 923 g/mol. The van der Waals surface area contributed by atoms with E-state index in [1.54, 1.807) is 73.2 Å². The second-order valence-corrected chi connectivity index (χ2v) is 20.7. The Bertz CT molecular complexity index is 2990. The Hall–Kier alpha value is -6.50. The summed E-state index contributed by atoms with van der Waals surface area (Å²) >= 11 is 3.12. The SMILES string of the molecule is COC(=O)CC[C@@H]1N=C(c2ccc(-c3ccc(C(=O)N[C@H](C(=O)N4C[C@H](O)C[C@H]4C(=O)N[C@@H](C)c4ccc(-c5scnc5C)cc4)C(C)(C)C)c(F)c3F)cc2)c2c(sc(C)c2C)-n2c(C)nnc21. The zero-order valence-electron chi connectivity index (χ0n) is 39.8. The van der Waals surface area contributed by atoms with E-state index in [0.29, 0.717) is 34.9 Å². The highest BCUT2D eigenvalue weighted by Gasteiger charge is 2.45. The molecule has 5 heterocycles. The number of β-amino-alcohol motifs (C(OH)–C–C–N with tert-alkyl or cyclic N) is 1.